The minimum atomic E-state index is -0.627. The van der Waals surface area contributed by atoms with E-state index in [0.717, 1.165) is 35.7 Å². The maximum atomic E-state index is 11.4. The lowest BCUT2D eigenvalue weighted by atomic mass is 10.4. The van der Waals surface area contributed by atoms with Crippen LogP contribution in [0.15, 0.2) is 23.1 Å². The van der Waals surface area contributed by atoms with Crippen LogP contribution in [0.3, 0.4) is 0 Å². The normalized spacial score (nSPS) is 10.1. The predicted octanol–water partition coefficient (Wildman–Crippen LogP) is 1.10. The molecular formula is C11H14N2O5. The van der Waals surface area contributed by atoms with E-state index in [1.165, 1.54) is 0 Å². The van der Waals surface area contributed by atoms with E-state index in [4.69, 9.17) is 4.74 Å². The SMILES string of the molecule is CCCCOC(=O)Cn1cc([N+](=O)[O-])ccc1=O. The first-order valence-electron chi connectivity index (χ1n) is 5.55. The van der Waals surface area contributed by atoms with Gasteiger partial charge in [-0.15, -0.1) is 0 Å². The summed E-state index contributed by atoms with van der Waals surface area (Å²) in [6.07, 6.45) is 2.67. The number of esters is 1. The third kappa shape index (κ3) is 4.00. The number of carbonyl (C=O) groups is 1. The fourth-order valence-corrected chi connectivity index (χ4v) is 1.27. The summed E-state index contributed by atoms with van der Waals surface area (Å²) in [7, 11) is 0. The van der Waals surface area contributed by atoms with Crippen molar-refractivity contribution in [2.24, 2.45) is 0 Å². The van der Waals surface area contributed by atoms with E-state index in [-0.39, 0.29) is 12.2 Å². The third-order valence-corrected chi connectivity index (χ3v) is 2.24. The van der Waals surface area contributed by atoms with E-state index in [1.54, 1.807) is 0 Å². The molecule has 0 saturated carbocycles. The van der Waals surface area contributed by atoms with E-state index in [9.17, 15) is 19.7 Å². The Hall–Kier alpha value is -2.18. The van der Waals surface area contributed by atoms with Gasteiger partial charge in [0.25, 0.3) is 11.2 Å². The van der Waals surface area contributed by atoms with E-state index in [0.29, 0.717) is 6.61 Å². The Morgan fingerprint density at radius 2 is 2.22 bits per heavy atom. The highest BCUT2D eigenvalue weighted by Crippen LogP contribution is 2.06. The quantitative estimate of drug-likeness (QED) is 0.328. The number of hydrogen-bond acceptors (Lipinski definition) is 5. The van der Waals surface area contributed by atoms with Crippen molar-refractivity contribution < 1.29 is 14.5 Å². The summed E-state index contributed by atoms with van der Waals surface area (Å²) in [4.78, 5) is 32.7. The summed E-state index contributed by atoms with van der Waals surface area (Å²) < 4.78 is 5.84. The molecule has 0 aromatic carbocycles. The van der Waals surface area contributed by atoms with Crippen molar-refractivity contribution in [3.8, 4) is 0 Å². The Kier molecular flexibility index (Phi) is 5.04. The first-order chi connectivity index (χ1) is 8.54. The minimum Gasteiger partial charge on any atom is -0.464 e. The standard InChI is InChI=1S/C11H14N2O5/c1-2-3-6-18-11(15)8-12-7-9(13(16)17)4-5-10(12)14/h4-5,7H,2-3,6,8H2,1H3. The number of unbranched alkanes of at least 4 members (excludes halogenated alkanes) is 1. The van der Waals surface area contributed by atoms with Gasteiger partial charge in [0.05, 0.1) is 17.7 Å². The third-order valence-electron chi connectivity index (χ3n) is 2.24. The van der Waals surface area contributed by atoms with Crippen molar-refractivity contribution in [2.75, 3.05) is 6.61 Å². The molecule has 0 radical (unpaired) electrons. The van der Waals surface area contributed by atoms with Gasteiger partial charge in [0.2, 0.25) is 0 Å². The Bertz CT molecular complexity index is 494. The lowest BCUT2D eigenvalue weighted by molar-refractivity contribution is -0.385. The number of hydrogen-bond donors (Lipinski definition) is 0. The van der Waals surface area contributed by atoms with Gasteiger partial charge in [-0.3, -0.25) is 24.3 Å². The molecular weight excluding hydrogens is 240 g/mol. The van der Waals surface area contributed by atoms with Gasteiger partial charge < -0.3 is 4.74 Å². The first kappa shape index (κ1) is 13.9. The maximum Gasteiger partial charge on any atom is 0.326 e. The van der Waals surface area contributed by atoms with Crippen LogP contribution in [0.4, 0.5) is 5.69 Å². The van der Waals surface area contributed by atoms with Crippen LogP contribution in [-0.2, 0) is 16.1 Å². The van der Waals surface area contributed by atoms with Gasteiger partial charge in [0.1, 0.15) is 6.54 Å². The second kappa shape index (κ2) is 6.53. The first-order valence-corrected chi connectivity index (χ1v) is 5.55. The van der Waals surface area contributed by atoms with E-state index in [1.807, 2.05) is 6.92 Å². The van der Waals surface area contributed by atoms with Gasteiger partial charge >= 0.3 is 5.97 Å². The van der Waals surface area contributed by atoms with Crippen molar-refractivity contribution in [1.29, 1.82) is 0 Å². The summed E-state index contributed by atoms with van der Waals surface area (Å²) >= 11 is 0. The molecule has 0 aliphatic carbocycles. The molecule has 0 fully saturated rings. The summed E-state index contributed by atoms with van der Waals surface area (Å²) in [5.74, 6) is -0.578. The molecule has 1 aromatic rings. The topological polar surface area (TPSA) is 91.4 Å². The molecule has 1 rings (SSSR count). The molecule has 0 aliphatic heterocycles. The van der Waals surface area contributed by atoms with Crippen molar-refractivity contribution >= 4 is 11.7 Å². The largest absolute Gasteiger partial charge is 0.464 e. The Balaban J connectivity index is 2.71. The molecule has 1 aromatic heterocycles. The average molecular weight is 254 g/mol. The number of ether oxygens (including phenoxy) is 1. The molecule has 0 bridgehead atoms. The molecule has 98 valence electrons. The van der Waals surface area contributed by atoms with Crippen LogP contribution in [-0.4, -0.2) is 22.1 Å². The number of pyridine rings is 1. The van der Waals surface area contributed by atoms with Crippen LogP contribution in [0.2, 0.25) is 0 Å². The fraction of sp³-hybridized carbons (Fsp3) is 0.455. The molecule has 0 unspecified atom stereocenters. The molecule has 1 heterocycles. The number of carbonyl (C=O) groups excluding carboxylic acids is 1. The zero-order valence-corrected chi connectivity index (χ0v) is 10.00. The van der Waals surface area contributed by atoms with Gasteiger partial charge in [-0.05, 0) is 6.42 Å². The van der Waals surface area contributed by atoms with Crippen molar-refractivity contribution in [1.82, 2.24) is 4.57 Å². The van der Waals surface area contributed by atoms with E-state index < -0.39 is 16.5 Å². The minimum absolute atomic E-state index is 0.240. The second-order valence-corrected chi connectivity index (χ2v) is 3.68. The Morgan fingerprint density at radius 1 is 1.50 bits per heavy atom. The molecule has 0 atom stereocenters. The highest BCUT2D eigenvalue weighted by molar-refractivity contribution is 5.69. The van der Waals surface area contributed by atoms with Gasteiger partial charge in [0.15, 0.2) is 0 Å². The number of rotatable bonds is 6. The second-order valence-electron chi connectivity index (χ2n) is 3.68. The lowest BCUT2D eigenvalue weighted by Crippen LogP contribution is -2.24. The summed E-state index contributed by atoms with van der Waals surface area (Å²) in [5.41, 5.74) is -0.719. The van der Waals surface area contributed by atoms with E-state index >= 15 is 0 Å². The van der Waals surface area contributed by atoms with Gasteiger partial charge in [-0.2, -0.15) is 0 Å². The molecule has 0 spiro atoms. The smallest absolute Gasteiger partial charge is 0.326 e. The van der Waals surface area contributed by atoms with Gasteiger partial charge in [-0.1, -0.05) is 13.3 Å². The van der Waals surface area contributed by atoms with Crippen molar-refractivity contribution in [3.63, 3.8) is 0 Å². The lowest BCUT2D eigenvalue weighted by Gasteiger charge is -2.05. The van der Waals surface area contributed by atoms with Crippen molar-refractivity contribution in [3.05, 3.63) is 38.8 Å². The Labute approximate surface area is 103 Å². The fourth-order valence-electron chi connectivity index (χ4n) is 1.27. The highest BCUT2D eigenvalue weighted by Gasteiger charge is 2.11. The zero-order valence-electron chi connectivity index (χ0n) is 10.00. The predicted molar refractivity (Wildman–Crippen MR) is 63.2 cm³/mol. The summed E-state index contributed by atoms with van der Waals surface area (Å²) in [6.45, 7) is 1.93. The van der Waals surface area contributed by atoms with Crippen LogP contribution >= 0.6 is 0 Å². The number of aromatic nitrogens is 1. The molecule has 18 heavy (non-hydrogen) atoms. The molecule has 0 saturated heterocycles. The number of nitro groups is 1. The van der Waals surface area contributed by atoms with Crippen LogP contribution in [0.1, 0.15) is 19.8 Å². The molecule has 7 heteroatoms. The van der Waals surface area contributed by atoms with Gasteiger partial charge in [0, 0.05) is 12.1 Å². The Morgan fingerprint density at radius 3 is 2.83 bits per heavy atom. The maximum absolute atomic E-state index is 11.4. The monoisotopic (exact) mass is 254 g/mol. The van der Waals surface area contributed by atoms with Gasteiger partial charge in [-0.25, -0.2) is 0 Å². The average Bonchev–Trinajstić information content (AvgIpc) is 2.32. The van der Waals surface area contributed by atoms with Crippen molar-refractivity contribution in [2.45, 2.75) is 26.3 Å². The molecule has 0 N–H and O–H groups in total. The van der Waals surface area contributed by atoms with E-state index in [2.05, 4.69) is 0 Å². The molecule has 7 nitrogen and oxygen atoms in total. The number of nitrogens with zero attached hydrogens (tertiary/aromatic N) is 2. The summed E-state index contributed by atoms with van der Waals surface area (Å²) in [5, 5.41) is 10.5. The van der Waals surface area contributed by atoms with Crippen LogP contribution < -0.4 is 5.56 Å². The van der Waals surface area contributed by atoms with Crippen LogP contribution in [0, 0.1) is 10.1 Å². The molecule has 0 aliphatic rings. The summed E-state index contributed by atoms with van der Waals surface area (Å²) in [6, 6.07) is 2.15. The molecule has 0 amide bonds. The zero-order chi connectivity index (χ0) is 13.5. The highest BCUT2D eigenvalue weighted by atomic mass is 16.6. The van der Waals surface area contributed by atoms with Crippen LogP contribution in [0.5, 0.6) is 0 Å². The van der Waals surface area contributed by atoms with Crippen LogP contribution in [0.25, 0.3) is 0 Å².